The maximum absolute atomic E-state index is 13.6. The fourth-order valence-electron chi connectivity index (χ4n) is 5.03. The number of aliphatic imine (C=N–C) groups is 2. The topological polar surface area (TPSA) is 104 Å². The van der Waals surface area contributed by atoms with Gasteiger partial charge in [-0.05, 0) is 43.2 Å². The Morgan fingerprint density at radius 2 is 1.89 bits per heavy atom. The van der Waals surface area contributed by atoms with Crippen molar-refractivity contribution in [2.45, 2.75) is 17.7 Å². The van der Waals surface area contributed by atoms with Gasteiger partial charge in [-0.3, -0.25) is 4.99 Å². The number of aromatic nitrogens is 1. The Morgan fingerprint density at radius 1 is 1.09 bits per heavy atom. The number of aromatic amines is 1. The molecule has 6 rings (SSSR count). The van der Waals surface area contributed by atoms with E-state index >= 15 is 0 Å². The van der Waals surface area contributed by atoms with Crippen molar-refractivity contribution in [3.8, 4) is 0 Å². The Kier molecular flexibility index (Phi) is 5.08. The van der Waals surface area contributed by atoms with Crippen molar-refractivity contribution in [2.75, 3.05) is 13.1 Å². The van der Waals surface area contributed by atoms with Gasteiger partial charge in [-0.1, -0.05) is 24.3 Å². The van der Waals surface area contributed by atoms with Gasteiger partial charge < -0.3 is 4.98 Å². The van der Waals surface area contributed by atoms with E-state index in [1.54, 1.807) is 18.6 Å². The SMILES string of the molecule is N[N+]12C=CN=CC1=C(C1CCN(S(=O)(=O)c3cccc(F)c3)CC1)N=C2c1cc2ccccc2[nH]1. The lowest BCUT2D eigenvalue weighted by atomic mass is 9.93. The van der Waals surface area contributed by atoms with Crippen LogP contribution in [0.4, 0.5) is 4.39 Å². The predicted octanol–water partition coefficient (Wildman–Crippen LogP) is 3.63. The number of hydrogen-bond acceptors (Lipinski definition) is 5. The molecule has 2 aromatic carbocycles. The maximum atomic E-state index is 13.6. The van der Waals surface area contributed by atoms with E-state index in [-0.39, 0.29) is 15.4 Å². The smallest absolute Gasteiger partial charge is 0.281 e. The van der Waals surface area contributed by atoms with E-state index in [1.807, 2.05) is 30.3 Å². The molecule has 3 N–H and O–H groups in total. The summed E-state index contributed by atoms with van der Waals surface area (Å²) in [5, 5.41) is 1.07. The molecule has 178 valence electrons. The molecule has 1 atom stereocenters. The van der Waals surface area contributed by atoms with Crippen molar-refractivity contribution in [1.29, 1.82) is 0 Å². The van der Waals surface area contributed by atoms with Gasteiger partial charge in [-0.15, -0.1) is 4.59 Å². The average Bonchev–Trinajstić information content (AvgIpc) is 3.42. The molecule has 4 heterocycles. The molecule has 10 heteroatoms. The number of sulfonamides is 1. The highest BCUT2D eigenvalue weighted by molar-refractivity contribution is 7.89. The quantitative estimate of drug-likeness (QED) is 0.430. The van der Waals surface area contributed by atoms with Gasteiger partial charge in [0.15, 0.2) is 0 Å². The highest BCUT2D eigenvalue weighted by Gasteiger charge is 2.47. The highest BCUT2D eigenvalue weighted by Crippen LogP contribution is 2.39. The number of H-pyrrole nitrogens is 1. The first-order valence-electron chi connectivity index (χ1n) is 11.4. The summed E-state index contributed by atoms with van der Waals surface area (Å²) in [4.78, 5) is 12.7. The molecule has 3 aromatic rings. The van der Waals surface area contributed by atoms with Crippen LogP contribution in [0.5, 0.6) is 0 Å². The van der Waals surface area contributed by atoms with Gasteiger partial charge in [0, 0.05) is 29.9 Å². The number of nitrogens with zero attached hydrogens (tertiary/aromatic N) is 4. The van der Waals surface area contributed by atoms with Gasteiger partial charge in [0.25, 0.3) is 5.84 Å². The van der Waals surface area contributed by atoms with Crippen LogP contribution in [-0.4, -0.2) is 47.4 Å². The van der Waals surface area contributed by atoms with Crippen molar-refractivity contribution in [2.24, 2.45) is 21.7 Å². The Labute approximate surface area is 202 Å². The average molecular weight is 492 g/mol. The molecule has 3 aliphatic heterocycles. The summed E-state index contributed by atoms with van der Waals surface area (Å²) < 4.78 is 41.0. The maximum Gasteiger partial charge on any atom is 0.281 e. The van der Waals surface area contributed by atoms with Crippen LogP contribution in [0.15, 0.2) is 93.3 Å². The van der Waals surface area contributed by atoms with E-state index in [0.717, 1.165) is 34.1 Å². The number of nitrogens with one attached hydrogen (secondary N) is 1. The third-order valence-corrected chi connectivity index (χ3v) is 8.76. The summed E-state index contributed by atoms with van der Waals surface area (Å²) in [7, 11) is -3.77. The van der Waals surface area contributed by atoms with E-state index in [0.29, 0.717) is 31.8 Å². The van der Waals surface area contributed by atoms with Gasteiger partial charge in [0.05, 0.1) is 17.3 Å². The first-order chi connectivity index (χ1) is 16.9. The van der Waals surface area contributed by atoms with Crippen LogP contribution in [0.1, 0.15) is 18.5 Å². The number of quaternary nitrogens is 1. The van der Waals surface area contributed by atoms with Crippen molar-refractivity contribution in [3.63, 3.8) is 0 Å². The molecule has 8 nitrogen and oxygen atoms in total. The lowest BCUT2D eigenvalue weighted by Gasteiger charge is -2.31. The predicted molar refractivity (Wildman–Crippen MR) is 132 cm³/mol. The number of amidine groups is 1. The molecule has 0 aliphatic carbocycles. The molecular formula is C25H24FN6O2S+. The zero-order valence-electron chi connectivity index (χ0n) is 18.8. The van der Waals surface area contributed by atoms with Crippen molar-refractivity contribution in [3.05, 3.63) is 89.9 Å². The zero-order chi connectivity index (χ0) is 24.2. The third kappa shape index (κ3) is 3.57. The minimum Gasteiger partial charge on any atom is -0.349 e. The summed E-state index contributed by atoms with van der Waals surface area (Å²) >= 11 is 0. The van der Waals surface area contributed by atoms with E-state index in [2.05, 4.69) is 9.98 Å². The Balaban J connectivity index is 1.30. The Hall–Kier alpha value is -3.44. The molecule has 1 unspecified atom stereocenters. The minimum absolute atomic E-state index is 0.0184. The van der Waals surface area contributed by atoms with Crippen LogP contribution in [-0.2, 0) is 10.0 Å². The fourth-order valence-corrected chi connectivity index (χ4v) is 6.53. The molecular weight excluding hydrogens is 467 g/mol. The van der Waals surface area contributed by atoms with Crippen molar-refractivity contribution < 1.29 is 17.4 Å². The van der Waals surface area contributed by atoms with E-state index in [9.17, 15) is 12.8 Å². The second-order valence-electron chi connectivity index (χ2n) is 8.97. The molecule has 3 aliphatic rings. The van der Waals surface area contributed by atoms with Gasteiger partial charge in [0.1, 0.15) is 23.4 Å². The standard InChI is InChI=1S/C25H24FN6O2S/c26-19-5-3-6-20(15-19)35(33,34)31-11-8-17(9-12-31)24-23-16-28-10-13-32(23,27)25(30-24)22-14-18-4-1-2-7-21(18)29-22/h1-7,10,13-17,29H,8-9,11-12,27H2/q+1. The molecule has 35 heavy (non-hydrogen) atoms. The Morgan fingerprint density at radius 3 is 2.66 bits per heavy atom. The number of benzene rings is 2. The molecule has 1 aromatic heterocycles. The van der Waals surface area contributed by atoms with Crippen molar-refractivity contribution in [1.82, 2.24) is 9.29 Å². The molecule has 1 saturated heterocycles. The van der Waals surface area contributed by atoms with E-state index in [4.69, 9.17) is 10.8 Å². The molecule has 0 bridgehead atoms. The van der Waals surface area contributed by atoms with Crippen LogP contribution < -0.4 is 5.84 Å². The number of fused-ring (bicyclic) bond motifs is 2. The van der Waals surface area contributed by atoms with Gasteiger partial charge >= 0.3 is 0 Å². The zero-order valence-corrected chi connectivity index (χ0v) is 19.6. The number of allylic oxidation sites excluding steroid dienone is 2. The van der Waals surface area contributed by atoms with Gasteiger partial charge in [-0.2, -0.15) is 15.1 Å². The summed E-state index contributed by atoms with van der Waals surface area (Å²) in [5.41, 5.74) is 3.44. The molecule has 0 saturated carbocycles. The largest absolute Gasteiger partial charge is 0.349 e. The molecule has 0 amide bonds. The van der Waals surface area contributed by atoms with Crippen molar-refractivity contribution >= 4 is 33.0 Å². The van der Waals surface area contributed by atoms with Crippen LogP contribution in [0.2, 0.25) is 0 Å². The Bertz CT molecular complexity index is 1530. The molecule has 0 radical (unpaired) electrons. The summed E-state index contributed by atoms with van der Waals surface area (Å²) in [5.74, 6) is 6.97. The number of hydrogen-bond donors (Lipinski definition) is 2. The number of para-hydroxylation sites is 1. The number of nitrogens with two attached hydrogens (primary N) is 1. The normalized spacial score (nSPS) is 23.2. The second kappa shape index (κ2) is 8.06. The number of piperidine rings is 1. The van der Waals surface area contributed by atoms with Gasteiger partial charge in [0.2, 0.25) is 15.7 Å². The van der Waals surface area contributed by atoms with Crippen LogP contribution >= 0.6 is 0 Å². The molecule has 0 spiro atoms. The lowest BCUT2D eigenvalue weighted by Crippen LogP contribution is -2.53. The lowest BCUT2D eigenvalue weighted by molar-refractivity contribution is -0.750. The summed E-state index contributed by atoms with van der Waals surface area (Å²) in [6.45, 7) is 0.629. The highest BCUT2D eigenvalue weighted by atomic mass is 32.2. The third-order valence-electron chi connectivity index (χ3n) is 6.87. The minimum atomic E-state index is -3.77. The first kappa shape index (κ1) is 22.1. The summed E-state index contributed by atoms with van der Waals surface area (Å²) in [6.07, 6.45) is 6.36. The van der Waals surface area contributed by atoms with E-state index in [1.165, 1.54) is 22.5 Å². The monoisotopic (exact) mass is 491 g/mol. The van der Waals surface area contributed by atoms with Crippen LogP contribution in [0.3, 0.4) is 0 Å². The number of halogens is 1. The second-order valence-corrected chi connectivity index (χ2v) is 10.9. The van der Waals surface area contributed by atoms with E-state index < -0.39 is 15.8 Å². The summed E-state index contributed by atoms with van der Waals surface area (Å²) in [6, 6.07) is 15.2. The van der Waals surface area contributed by atoms with Crippen LogP contribution in [0.25, 0.3) is 10.9 Å². The van der Waals surface area contributed by atoms with Gasteiger partial charge in [-0.25, -0.2) is 12.8 Å². The number of rotatable bonds is 4. The fraction of sp³-hybridized carbons (Fsp3) is 0.200. The molecule has 1 fully saturated rings. The van der Waals surface area contributed by atoms with Crippen LogP contribution in [0, 0.1) is 11.7 Å². The first-order valence-corrected chi connectivity index (χ1v) is 12.9.